The van der Waals surface area contributed by atoms with Crippen molar-refractivity contribution in [3.8, 4) is 0 Å². The molecule has 3 aromatic rings. The van der Waals surface area contributed by atoms with Gasteiger partial charge in [0.05, 0.1) is 21.7 Å². The number of hydrogen-bond donors (Lipinski definition) is 1. The van der Waals surface area contributed by atoms with Crippen molar-refractivity contribution in [2.24, 2.45) is 5.10 Å². The van der Waals surface area contributed by atoms with Crippen molar-refractivity contribution in [2.75, 3.05) is 0 Å². The van der Waals surface area contributed by atoms with E-state index in [1.54, 1.807) is 29.9 Å². The van der Waals surface area contributed by atoms with E-state index in [1.807, 2.05) is 24.3 Å². The Morgan fingerprint density at radius 3 is 2.45 bits per heavy atom. The highest BCUT2D eigenvalue weighted by atomic mass is 79.9. The third-order valence-electron chi connectivity index (χ3n) is 4.01. The van der Waals surface area contributed by atoms with Crippen molar-refractivity contribution in [1.82, 2.24) is 15.2 Å². The molecule has 0 aliphatic heterocycles. The zero-order chi connectivity index (χ0) is 21.0. The molecule has 1 aromatic heterocycles. The minimum absolute atomic E-state index is 0.00849. The normalized spacial score (nSPS) is 11.3. The summed E-state index contributed by atoms with van der Waals surface area (Å²) in [5.74, 6) is -0.465. The van der Waals surface area contributed by atoms with E-state index in [0.717, 1.165) is 10.0 Å². The van der Waals surface area contributed by atoms with Gasteiger partial charge in [-0.1, -0.05) is 28.1 Å². The molecule has 1 N–H and O–H groups in total. The van der Waals surface area contributed by atoms with Crippen molar-refractivity contribution in [3.63, 3.8) is 0 Å². The lowest BCUT2D eigenvalue weighted by molar-refractivity contribution is -0.384. The number of nitro benzene ring substituents is 1. The maximum atomic E-state index is 12.4. The fraction of sp³-hybridized carbons (Fsp3) is 0.105. The third-order valence-corrected chi connectivity index (χ3v) is 5.12. The van der Waals surface area contributed by atoms with Gasteiger partial charge in [-0.3, -0.25) is 19.6 Å². The number of carbonyl (C=O) groups excluding carboxylic acids is 1. The summed E-state index contributed by atoms with van der Waals surface area (Å²) in [6, 6.07) is 13.7. The molecule has 2 aromatic carbocycles. The van der Waals surface area contributed by atoms with Crippen molar-refractivity contribution >= 4 is 49.2 Å². The zero-order valence-electron chi connectivity index (χ0n) is 15.2. The van der Waals surface area contributed by atoms with Crippen LogP contribution in [0.3, 0.4) is 0 Å². The first-order valence-electron chi connectivity index (χ1n) is 8.40. The monoisotopic (exact) mass is 519 g/mol. The van der Waals surface area contributed by atoms with Gasteiger partial charge in [-0.2, -0.15) is 10.2 Å². The lowest BCUT2D eigenvalue weighted by atomic mass is 10.1. The van der Waals surface area contributed by atoms with Crippen LogP contribution in [0.15, 0.2) is 68.8 Å². The highest BCUT2D eigenvalue weighted by molar-refractivity contribution is 9.10. The molecule has 0 fully saturated rings. The van der Waals surface area contributed by atoms with E-state index in [0.29, 0.717) is 22.3 Å². The van der Waals surface area contributed by atoms with Gasteiger partial charge >= 0.3 is 0 Å². The summed E-state index contributed by atoms with van der Waals surface area (Å²) in [5, 5.41) is 19.1. The minimum atomic E-state index is -0.472. The Morgan fingerprint density at radius 2 is 1.83 bits per heavy atom. The minimum Gasteiger partial charge on any atom is -0.266 e. The van der Waals surface area contributed by atoms with Crippen molar-refractivity contribution < 1.29 is 9.72 Å². The first-order valence-corrected chi connectivity index (χ1v) is 9.99. The number of nitrogens with one attached hydrogen (secondary N) is 1. The predicted octanol–water partition coefficient (Wildman–Crippen LogP) is 4.52. The van der Waals surface area contributed by atoms with Crippen LogP contribution in [0.4, 0.5) is 5.69 Å². The van der Waals surface area contributed by atoms with Crippen molar-refractivity contribution in [1.29, 1.82) is 0 Å². The van der Waals surface area contributed by atoms with Crippen LogP contribution in [0.1, 0.15) is 28.5 Å². The molecule has 0 radical (unpaired) electrons. The lowest BCUT2D eigenvalue weighted by Gasteiger charge is -2.03. The number of hydrazone groups is 1. The van der Waals surface area contributed by atoms with Gasteiger partial charge in [-0.25, -0.2) is 5.43 Å². The number of nitrogens with zero attached hydrogens (tertiary/aromatic N) is 4. The van der Waals surface area contributed by atoms with Crippen LogP contribution in [0, 0.1) is 10.1 Å². The third kappa shape index (κ3) is 5.36. The lowest BCUT2D eigenvalue weighted by Crippen LogP contribution is -2.20. The van der Waals surface area contributed by atoms with Crippen LogP contribution in [0.5, 0.6) is 0 Å². The maximum Gasteiger partial charge on any atom is 0.293 e. The number of carbonyl (C=O) groups is 1. The highest BCUT2D eigenvalue weighted by Crippen LogP contribution is 2.17. The number of amides is 1. The second-order valence-electron chi connectivity index (χ2n) is 6.09. The SMILES string of the molecule is CC(=NNC(=O)c1nn(Cc2ccc(Br)cc2)cc1Br)c1ccc([N+](=O)[O-])cc1. The van der Waals surface area contributed by atoms with Gasteiger partial charge < -0.3 is 0 Å². The summed E-state index contributed by atoms with van der Waals surface area (Å²) in [4.78, 5) is 22.7. The fourth-order valence-corrected chi connectivity index (χ4v) is 3.25. The Balaban J connectivity index is 1.68. The van der Waals surface area contributed by atoms with Gasteiger partial charge in [0.1, 0.15) is 0 Å². The van der Waals surface area contributed by atoms with Gasteiger partial charge in [-0.05, 0) is 58.2 Å². The van der Waals surface area contributed by atoms with E-state index in [-0.39, 0.29) is 11.4 Å². The van der Waals surface area contributed by atoms with Gasteiger partial charge in [0, 0.05) is 22.8 Å². The van der Waals surface area contributed by atoms with Crippen LogP contribution >= 0.6 is 31.9 Å². The van der Waals surface area contributed by atoms with Crippen molar-refractivity contribution in [2.45, 2.75) is 13.5 Å². The van der Waals surface area contributed by atoms with Crippen LogP contribution < -0.4 is 5.43 Å². The number of non-ortho nitro benzene ring substituents is 1. The Bertz CT molecular complexity index is 1080. The van der Waals surface area contributed by atoms with Crippen LogP contribution in [-0.4, -0.2) is 26.3 Å². The van der Waals surface area contributed by atoms with Gasteiger partial charge in [0.15, 0.2) is 5.69 Å². The molecule has 0 aliphatic carbocycles. The fourth-order valence-electron chi connectivity index (χ4n) is 2.49. The zero-order valence-corrected chi connectivity index (χ0v) is 18.3. The Hall–Kier alpha value is -2.85. The standard InChI is InChI=1S/C19H15Br2N5O3/c1-12(14-4-8-16(9-5-14)26(28)29)22-23-19(27)18-17(21)11-25(24-18)10-13-2-6-15(20)7-3-13/h2-9,11H,10H2,1H3,(H,23,27). The summed E-state index contributed by atoms with van der Waals surface area (Å²) in [6.07, 6.45) is 1.73. The number of aromatic nitrogens is 2. The van der Waals surface area contributed by atoms with E-state index in [4.69, 9.17) is 0 Å². The molecule has 1 heterocycles. The summed E-state index contributed by atoms with van der Waals surface area (Å²) < 4.78 is 3.20. The van der Waals surface area contributed by atoms with E-state index < -0.39 is 10.8 Å². The molecule has 0 saturated heterocycles. The maximum absolute atomic E-state index is 12.4. The smallest absolute Gasteiger partial charge is 0.266 e. The Morgan fingerprint density at radius 1 is 1.17 bits per heavy atom. The van der Waals surface area contributed by atoms with E-state index in [9.17, 15) is 14.9 Å². The molecule has 0 spiro atoms. The average Bonchev–Trinajstić information content (AvgIpc) is 3.07. The number of nitro groups is 1. The summed E-state index contributed by atoms with van der Waals surface area (Å²) in [7, 11) is 0. The quantitative estimate of drug-likeness (QED) is 0.293. The molecule has 0 bridgehead atoms. The summed E-state index contributed by atoms with van der Waals surface area (Å²) in [6.45, 7) is 2.22. The van der Waals surface area contributed by atoms with E-state index in [2.05, 4.69) is 47.5 Å². The number of benzene rings is 2. The number of rotatable bonds is 6. The van der Waals surface area contributed by atoms with Crippen LogP contribution in [0.25, 0.3) is 0 Å². The molecule has 1 amide bonds. The molecular formula is C19H15Br2N5O3. The Labute approximate surface area is 183 Å². The second-order valence-corrected chi connectivity index (χ2v) is 7.86. The summed E-state index contributed by atoms with van der Waals surface area (Å²) >= 11 is 6.75. The predicted molar refractivity (Wildman–Crippen MR) is 116 cm³/mol. The molecule has 148 valence electrons. The molecule has 0 saturated carbocycles. The Kier molecular flexibility index (Phi) is 6.55. The molecular weight excluding hydrogens is 506 g/mol. The molecule has 10 heteroatoms. The van der Waals surface area contributed by atoms with Crippen LogP contribution in [-0.2, 0) is 6.54 Å². The largest absolute Gasteiger partial charge is 0.293 e. The van der Waals surface area contributed by atoms with Crippen molar-refractivity contribution in [3.05, 3.63) is 90.6 Å². The number of halogens is 2. The molecule has 0 unspecified atom stereocenters. The molecule has 0 aliphatic rings. The first kappa shape index (κ1) is 20.9. The average molecular weight is 521 g/mol. The van der Waals surface area contributed by atoms with E-state index in [1.165, 1.54) is 12.1 Å². The van der Waals surface area contributed by atoms with E-state index >= 15 is 0 Å². The number of hydrogen-bond acceptors (Lipinski definition) is 5. The van der Waals surface area contributed by atoms with Gasteiger partial charge in [0.2, 0.25) is 0 Å². The molecule has 29 heavy (non-hydrogen) atoms. The van der Waals surface area contributed by atoms with Gasteiger partial charge in [-0.15, -0.1) is 0 Å². The molecule has 8 nitrogen and oxygen atoms in total. The van der Waals surface area contributed by atoms with Crippen LogP contribution in [0.2, 0.25) is 0 Å². The second kappa shape index (κ2) is 9.10. The first-order chi connectivity index (χ1) is 13.8. The topological polar surface area (TPSA) is 102 Å². The van der Waals surface area contributed by atoms with Gasteiger partial charge in [0.25, 0.3) is 11.6 Å². The molecule has 3 rings (SSSR count). The molecule has 0 atom stereocenters. The summed E-state index contributed by atoms with van der Waals surface area (Å²) in [5.41, 5.74) is 4.88. The highest BCUT2D eigenvalue weighted by Gasteiger charge is 2.15.